The quantitative estimate of drug-likeness (QED) is 0.619. The fourth-order valence-corrected chi connectivity index (χ4v) is 4.65. The molecule has 2 heterocycles. The lowest BCUT2D eigenvalue weighted by Crippen LogP contribution is -2.48. The molecule has 2 fully saturated rings. The molecule has 0 bridgehead atoms. The molecule has 1 aliphatic carbocycles. The van der Waals surface area contributed by atoms with Crippen LogP contribution in [0.4, 0.5) is 0 Å². The van der Waals surface area contributed by atoms with Gasteiger partial charge in [0.1, 0.15) is 12.4 Å². The average Bonchev–Trinajstić information content (AvgIpc) is 3.53. The molecule has 5 rings (SSSR count). The first-order chi connectivity index (χ1) is 15.3. The van der Waals surface area contributed by atoms with Crippen molar-refractivity contribution in [2.75, 3.05) is 20.2 Å². The van der Waals surface area contributed by atoms with Gasteiger partial charge in [-0.25, -0.2) is 0 Å². The highest BCUT2D eigenvalue weighted by atomic mass is 16.5. The van der Waals surface area contributed by atoms with Crippen LogP contribution in [-0.2, 0) is 5.54 Å². The van der Waals surface area contributed by atoms with Crippen molar-refractivity contribution in [2.24, 2.45) is 0 Å². The first-order valence-corrected chi connectivity index (χ1v) is 11.5. The van der Waals surface area contributed by atoms with E-state index in [-0.39, 0.29) is 11.4 Å². The van der Waals surface area contributed by atoms with Gasteiger partial charge in [0.2, 0.25) is 0 Å². The predicted molar refractivity (Wildman–Crippen MR) is 127 cm³/mol. The summed E-state index contributed by atoms with van der Waals surface area (Å²) in [6.45, 7) is 7.87. The SMILES string of the molecule is Cc1cc(C2(NC(=O)c3cc(OC[C@@H]4CCN4C)ccc3C)CC2)c2ccc(C)nc2c1. The second kappa shape index (κ2) is 7.89. The maximum atomic E-state index is 13.4. The number of carbonyl (C=O) groups is 1. The van der Waals surface area contributed by atoms with Gasteiger partial charge in [-0.2, -0.15) is 0 Å². The zero-order valence-electron chi connectivity index (χ0n) is 19.4. The minimum atomic E-state index is -0.323. The number of amides is 1. The number of likely N-dealkylation sites (N-methyl/N-ethyl adjacent to an activating group) is 1. The Morgan fingerprint density at radius 1 is 1.16 bits per heavy atom. The smallest absolute Gasteiger partial charge is 0.252 e. The fraction of sp³-hybridized carbons (Fsp3) is 0.407. The molecule has 2 aliphatic rings. The topological polar surface area (TPSA) is 54.5 Å². The van der Waals surface area contributed by atoms with Gasteiger partial charge in [-0.1, -0.05) is 18.2 Å². The summed E-state index contributed by atoms with van der Waals surface area (Å²) >= 11 is 0. The number of hydrogen-bond acceptors (Lipinski definition) is 4. The Balaban J connectivity index is 1.39. The van der Waals surface area contributed by atoms with Crippen molar-refractivity contribution in [2.45, 2.75) is 51.6 Å². The van der Waals surface area contributed by atoms with E-state index in [9.17, 15) is 4.79 Å². The first-order valence-electron chi connectivity index (χ1n) is 11.5. The van der Waals surface area contributed by atoms with Crippen LogP contribution in [0.2, 0.25) is 0 Å². The van der Waals surface area contributed by atoms with Gasteiger partial charge in [0.25, 0.3) is 5.91 Å². The first kappa shape index (κ1) is 21.0. The standard InChI is InChI=1S/C27H31N3O2/c1-17-13-24(22-8-6-19(3)28-25(22)14-17)27(10-11-27)29-26(31)23-15-21(7-5-18(23)2)32-16-20-9-12-30(20)4/h5-8,13-15,20H,9-12,16H2,1-4H3,(H,29,31)/t20-/m0/s1. The lowest BCUT2D eigenvalue weighted by atomic mass is 9.96. The number of nitrogens with zero attached hydrogens (tertiary/aromatic N) is 2. The minimum Gasteiger partial charge on any atom is -0.492 e. The molecule has 3 aromatic rings. The van der Waals surface area contributed by atoms with E-state index in [1.165, 1.54) is 11.1 Å². The van der Waals surface area contributed by atoms with Gasteiger partial charge in [0.15, 0.2) is 0 Å². The van der Waals surface area contributed by atoms with Crippen LogP contribution in [0.25, 0.3) is 10.9 Å². The zero-order valence-corrected chi connectivity index (χ0v) is 19.4. The molecule has 1 amide bonds. The van der Waals surface area contributed by atoms with Crippen molar-refractivity contribution < 1.29 is 9.53 Å². The Morgan fingerprint density at radius 2 is 1.97 bits per heavy atom. The Labute approximate surface area is 189 Å². The van der Waals surface area contributed by atoms with Crippen molar-refractivity contribution in [1.29, 1.82) is 0 Å². The normalized spacial score (nSPS) is 19.4. The van der Waals surface area contributed by atoms with E-state index in [0.717, 1.165) is 53.7 Å². The molecule has 0 unspecified atom stereocenters. The second-order valence-corrected chi connectivity index (χ2v) is 9.58. The molecule has 0 spiro atoms. The summed E-state index contributed by atoms with van der Waals surface area (Å²) in [6, 6.07) is 14.8. The van der Waals surface area contributed by atoms with E-state index in [1.54, 1.807) is 0 Å². The van der Waals surface area contributed by atoms with Crippen molar-refractivity contribution in [1.82, 2.24) is 15.2 Å². The summed E-state index contributed by atoms with van der Waals surface area (Å²) in [7, 11) is 2.12. The predicted octanol–water partition coefficient (Wildman–Crippen LogP) is 4.66. The summed E-state index contributed by atoms with van der Waals surface area (Å²) in [5.74, 6) is 0.715. The Bertz CT molecular complexity index is 1190. The Kier molecular flexibility index (Phi) is 5.17. The number of aryl methyl sites for hydroxylation is 3. The average molecular weight is 430 g/mol. The number of rotatable bonds is 6. The third-order valence-electron chi connectivity index (χ3n) is 7.04. The molecular formula is C27H31N3O2. The maximum Gasteiger partial charge on any atom is 0.252 e. The highest BCUT2D eigenvalue weighted by molar-refractivity contribution is 5.97. The van der Waals surface area contributed by atoms with Gasteiger partial charge in [-0.05, 0) is 94.6 Å². The zero-order chi connectivity index (χ0) is 22.5. The van der Waals surface area contributed by atoms with Gasteiger partial charge in [-0.15, -0.1) is 0 Å². The largest absolute Gasteiger partial charge is 0.492 e. The third kappa shape index (κ3) is 3.86. The van der Waals surface area contributed by atoms with Crippen LogP contribution >= 0.6 is 0 Å². The summed E-state index contributed by atoms with van der Waals surface area (Å²) in [4.78, 5) is 20.4. The highest BCUT2D eigenvalue weighted by Gasteiger charge is 2.47. The van der Waals surface area contributed by atoms with E-state index >= 15 is 0 Å². The molecule has 1 saturated heterocycles. The molecular weight excluding hydrogens is 398 g/mol. The number of aromatic nitrogens is 1. The molecule has 1 aliphatic heterocycles. The lowest BCUT2D eigenvalue weighted by Gasteiger charge is -2.37. The van der Waals surface area contributed by atoms with Crippen LogP contribution in [0.15, 0.2) is 42.5 Å². The van der Waals surface area contributed by atoms with E-state index in [1.807, 2.05) is 38.1 Å². The molecule has 166 valence electrons. The highest BCUT2D eigenvalue weighted by Crippen LogP contribution is 2.48. The van der Waals surface area contributed by atoms with Crippen molar-refractivity contribution in [3.8, 4) is 5.75 Å². The Morgan fingerprint density at radius 3 is 2.66 bits per heavy atom. The van der Waals surface area contributed by atoms with Gasteiger partial charge in [0.05, 0.1) is 11.1 Å². The number of fused-ring (bicyclic) bond motifs is 1. The molecule has 1 N–H and O–H groups in total. The molecule has 5 nitrogen and oxygen atoms in total. The van der Waals surface area contributed by atoms with Gasteiger partial charge in [-0.3, -0.25) is 14.7 Å². The Hall–Kier alpha value is -2.92. The van der Waals surface area contributed by atoms with E-state index in [0.29, 0.717) is 18.2 Å². The number of carbonyl (C=O) groups excluding carboxylic acids is 1. The van der Waals surface area contributed by atoms with Crippen molar-refractivity contribution in [3.63, 3.8) is 0 Å². The molecule has 1 atom stereocenters. The van der Waals surface area contributed by atoms with Crippen LogP contribution < -0.4 is 10.1 Å². The van der Waals surface area contributed by atoms with E-state index in [2.05, 4.69) is 42.4 Å². The number of likely N-dealkylation sites (tertiary alicyclic amines) is 1. The molecule has 1 aromatic heterocycles. The number of hydrogen-bond donors (Lipinski definition) is 1. The van der Waals surface area contributed by atoms with Crippen LogP contribution in [0.5, 0.6) is 5.75 Å². The van der Waals surface area contributed by atoms with Gasteiger partial charge < -0.3 is 10.1 Å². The number of ether oxygens (including phenoxy) is 1. The number of nitrogens with one attached hydrogen (secondary N) is 1. The van der Waals surface area contributed by atoms with Crippen molar-refractivity contribution >= 4 is 16.8 Å². The summed E-state index contributed by atoms with van der Waals surface area (Å²) < 4.78 is 6.01. The van der Waals surface area contributed by atoms with Gasteiger partial charge >= 0.3 is 0 Å². The maximum absolute atomic E-state index is 13.4. The molecule has 0 radical (unpaired) electrons. The monoisotopic (exact) mass is 429 g/mol. The fourth-order valence-electron chi connectivity index (χ4n) is 4.65. The minimum absolute atomic E-state index is 0.0408. The number of benzene rings is 2. The van der Waals surface area contributed by atoms with Crippen molar-refractivity contribution in [3.05, 3.63) is 70.4 Å². The van der Waals surface area contributed by atoms with E-state index in [4.69, 9.17) is 9.72 Å². The van der Waals surface area contributed by atoms with Crippen LogP contribution in [0, 0.1) is 20.8 Å². The third-order valence-corrected chi connectivity index (χ3v) is 7.04. The summed E-state index contributed by atoms with van der Waals surface area (Å²) in [6.07, 6.45) is 3.04. The van der Waals surface area contributed by atoms with Crippen LogP contribution in [0.3, 0.4) is 0 Å². The molecule has 5 heteroatoms. The molecule has 32 heavy (non-hydrogen) atoms. The summed E-state index contributed by atoms with van der Waals surface area (Å²) in [5, 5.41) is 4.49. The van der Waals surface area contributed by atoms with Gasteiger partial charge in [0, 0.05) is 22.7 Å². The number of pyridine rings is 1. The molecule has 1 saturated carbocycles. The van der Waals surface area contributed by atoms with Crippen LogP contribution in [-0.4, -0.2) is 42.0 Å². The lowest BCUT2D eigenvalue weighted by molar-refractivity contribution is 0.0767. The second-order valence-electron chi connectivity index (χ2n) is 9.58. The van der Waals surface area contributed by atoms with Crippen LogP contribution in [0.1, 0.15) is 52.0 Å². The van der Waals surface area contributed by atoms with E-state index < -0.39 is 0 Å². The summed E-state index contributed by atoms with van der Waals surface area (Å²) in [5.41, 5.74) is 5.65. The molecule has 2 aromatic carbocycles.